The van der Waals surface area contributed by atoms with Gasteiger partial charge in [-0.1, -0.05) is 6.92 Å². The normalized spacial score (nSPS) is 24.7. The standard InChI is InChI=1S/C12H17N3O2/c1-8-5-6-15(9(2)7-8)11-4-3-10(12(16)17)13-14-11/h3-4,8-9H,5-7H2,1-2H3,(H,16,17). The molecular formula is C12H17N3O2. The number of rotatable bonds is 2. The first kappa shape index (κ1) is 11.8. The van der Waals surface area contributed by atoms with Gasteiger partial charge in [0.2, 0.25) is 0 Å². The summed E-state index contributed by atoms with van der Waals surface area (Å²) in [5, 5.41) is 16.5. The highest BCUT2D eigenvalue weighted by atomic mass is 16.4. The largest absolute Gasteiger partial charge is 0.476 e. The minimum Gasteiger partial charge on any atom is -0.476 e. The Balaban J connectivity index is 2.14. The number of aromatic carboxylic acids is 1. The number of aromatic nitrogens is 2. The lowest BCUT2D eigenvalue weighted by Crippen LogP contribution is -2.40. The fourth-order valence-corrected chi connectivity index (χ4v) is 2.34. The third-order valence-corrected chi connectivity index (χ3v) is 3.30. The molecule has 1 fully saturated rings. The van der Waals surface area contributed by atoms with Crippen molar-refractivity contribution in [3.8, 4) is 0 Å². The molecule has 0 radical (unpaired) electrons. The summed E-state index contributed by atoms with van der Waals surface area (Å²) in [7, 11) is 0. The maximum Gasteiger partial charge on any atom is 0.356 e. The summed E-state index contributed by atoms with van der Waals surface area (Å²) >= 11 is 0. The van der Waals surface area contributed by atoms with Crippen LogP contribution in [0.3, 0.4) is 0 Å². The Hall–Kier alpha value is -1.65. The summed E-state index contributed by atoms with van der Waals surface area (Å²) in [6.45, 7) is 5.39. The van der Waals surface area contributed by atoms with E-state index in [9.17, 15) is 4.79 Å². The summed E-state index contributed by atoms with van der Waals surface area (Å²) in [5.74, 6) is 0.478. The van der Waals surface area contributed by atoms with Gasteiger partial charge in [-0.05, 0) is 37.8 Å². The molecule has 5 heteroatoms. The van der Waals surface area contributed by atoms with Crippen molar-refractivity contribution in [1.82, 2.24) is 10.2 Å². The second-order valence-electron chi connectivity index (χ2n) is 4.75. The number of hydrogen-bond donors (Lipinski definition) is 1. The van der Waals surface area contributed by atoms with Crippen LogP contribution in [-0.4, -0.2) is 33.9 Å². The van der Waals surface area contributed by atoms with Crippen molar-refractivity contribution >= 4 is 11.8 Å². The van der Waals surface area contributed by atoms with Crippen LogP contribution in [0.4, 0.5) is 5.82 Å². The average molecular weight is 235 g/mol. The van der Waals surface area contributed by atoms with Gasteiger partial charge in [-0.2, -0.15) is 0 Å². The first-order valence-corrected chi connectivity index (χ1v) is 5.91. The molecule has 0 amide bonds. The zero-order valence-electron chi connectivity index (χ0n) is 10.1. The smallest absolute Gasteiger partial charge is 0.356 e. The van der Waals surface area contributed by atoms with Gasteiger partial charge < -0.3 is 10.0 Å². The van der Waals surface area contributed by atoms with E-state index in [-0.39, 0.29) is 5.69 Å². The molecule has 1 aromatic rings. The molecule has 1 aliphatic rings. The van der Waals surface area contributed by atoms with Crippen molar-refractivity contribution in [2.24, 2.45) is 5.92 Å². The molecule has 0 aliphatic carbocycles. The van der Waals surface area contributed by atoms with Crippen LogP contribution in [0.1, 0.15) is 37.2 Å². The predicted octanol–water partition coefficient (Wildman–Crippen LogP) is 1.80. The molecule has 0 saturated carbocycles. The first-order valence-electron chi connectivity index (χ1n) is 5.91. The molecular weight excluding hydrogens is 218 g/mol. The fourth-order valence-electron chi connectivity index (χ4n) is 2.34. The second-order valence-corrected chi connectivity index (χ2v) is 4.75. The molecule has 17 heavy (non-hydrogen) atoms. The van der Waals surface area contributed by atoms with Crippen LogP contribution in [0.25, 0.3) is 0 Å². The zero-order valence-corrected chi connectivity index (χ0v) is 10.1. The number of piperidine rings is 1. The highest BCUT2D eigenvalue weighted by Crippen LogP contribution is 2.25. The molecule has 2 heterocycles. The van der Waals surface area contributed by atoms with Gasteiger partial charge in [-0.3, -0.25) is 0 Å². The fraction of sp³-hybridized carbons (Fsp3) is 0.583. The van der Waals surface area contributed by atoms with E-state index >= 15 is 0 Å². The van der Waals surface area contributed by atoms with Gasteiger partial charge in [0.25, 0.3) is 0 Å². The lowest BCUT2D eigenvalue weighted by molar-refractivity contribution is 0.0689. The Labute approximate surface area is 100 Å². The second kappa shape index (κ2) is 4.69. The predicted molar refractivity (Wildman–Crippen MR) is 64.2 cm³/mol. The van der Waals surface area contributed by atoms with Gasteiger partial charge in [0.1, 0.15) is 0 Å². The minimum atomic E-state index is -1.04. The van der Waals surface area contributed by atoms with E-state index in [1.807, 2.05) is 0 Å². The monoisotopic (exact) mass is 235 g/mol. The number of carbonyl (C=O) groups is 1. The SMILES string of the molecule is CC1CCN(c2ccc(C(=O)O)nn2)C(C)C1. The summed E-state index contributed by atoms with van der Waals surface area (Å²) in [6.07, 6.45) is 2.29. The van der Waals surface area contributed by atoms with E-state index in [0.29, 0.717) is 6.04 Å². The zero-order chi connectivity index (χ0) is 12.4. The molecule has 5 nitrogen and oxygen atoms in total. The highest BCUT2D eigenvalue weighted by molar-refractivity contribution is 5.85. The van der Waals surface area contributed by atoms with Gasteiger partial charge in [-0.25, -0.2) is 4.79 Å². The van der Waals surface area contributed by atoms with E-state index < -0.39 is 5.97 Å². The maximum absolute atomic E-state index is 10.7. The van der Waals surface area contributed by atoms with Gasteiger partial charge in [0, 0.05) is 12.6 Å². The Kier molecular flexibility index (Phi) is 3.26. The van der Waals surface area contributed by atoms with Crippen molar-refractivity contribution < 1.29 is 9.90 Å². The van der Waals surface area contributed by atoms with Crippen molar-refractivity contribution in [3.63, 3.8) is 0 Å². The molecule has 0 bridgehead atoms. The van der Waals surface area contributed by atoms with Gasteiger partial charge >= 0.3 is 5.97 Å². The third-order valence-electron chi connectivity index (χ3n) is 3.30. The topological polar surface area (TPSA) is 66.3 Å². The van der Waals surface area contributed by atoms with E-state index in [0.717, 1.165) is 31.1 Å². The Morgan fingerprint density at radius 2 is 2.18 bits per heavy atom. The highest BCUT2D eigenvalue weighted by Gasteiger charge is 2.24. The van der Waals surface area contributed by atoms with Crippen molar-refractivity contribution in [2.45, 2.75) is 32.7 Å². The van der Waals surface area contributed by atoms with E-state index in [2.05, 4.69) is 28.9 Å². The van der Waals surface area contributed by atoms with Crippen molar-refractivity contribution in [3.05, 3.63) is 17.8 Å². The van der Waals surface area contributed by atoms with Gasteiger partial charge in [0.15, 0.2) is 11.5 Å². The Morgan fingerprint density at radius 3 is 2.71 bits per heavy atom. The molecule has 1 N–H and O–H groups in total. The first-order chi connectivity index (χ1) is 8.08. The number of nitrogens with zero attached hydrogens (tertiary/aromatic N) is 3. The van der Waals surface area contributed by atoms with Crippen molar-refractivity contribution in [1.29, 1.82) is 0 Å². The van der Waals surface area contributed by atoms with E-state index in [1.54, 1.807) is 6.07 Å². The molecule has 1 saturated heterocycles. The molecule has 1 aliphatic heterocycles. The maximum atomic E-state index is 10.7. The quantitative estimate of drug-likeness (QED) is 0.846. The molecule has 92 valence electrons. The number of carboxylic acid groups (broad SMARTS) is 1. The third kappa shape index (κ3) is 2.54. The number of hydrogen-bond acceptors (Lipinski definition) is 4. The summed E-state index contributed by atoms with van der Waals surface area (Å²) < 4.78 is 0. The molecule has 0 aromatic carbocycles. The van der Waals surface area contributed by atoms with Crippen LogP contribution < -0.4 is 4.90 Å². The molecule has 2 rings (SSSR count). The Morgan fingerprint density at radius 1 is 1.41 bits per heavy atom. The van der Waals surface area contributed by atoms with Crippen LogP contribution in [0.5, 0.6) is 0 Å². The van der Waals surface area contributed by atoms with Gasteiger partial charge in [-0.15, -0.1) is 10.2 Å². The summed E-state index contributed by atoms with van der Waals surface area (Å²) in [6, 6.07) is 3.68. The Bertz CT molecular complexity index is 405. The van der Waals surface area contributed by atoms with Crippen LogP contribution in [0, 0.1) is 5.92 Å². The van der Waals surface area contributed by atoms with Crippen LogP contribution in [0.2, 0.25) is 0 Å². The molecule has 2 atom stereocenters. The van der Waals surface area contributed by atoms with Crippen LogP contribution in [0.15, 0.2) is 12.1 Å². The van der Waals surface area contributed by atoms with E-state index in [4.69, 9.17) is 5.11 Å². The summed E-state index contributed by atoms with van der Waals surface area (Å²) in [4.78, 5) is 12.9. The average Bonchev–Trinajstić information content (AvgIpc) is 2.29. The van der Waals surface area contributed by atoms with Crippen LogP contribution in [-0.2, 0) is 0 Å². The molecule has 1 aromatic heterocycles. The lowest BCUT2D eigenvalue weighted by atomic mass is 9.93. The van der Waals surface area contributed by atoms with Gasteiger partial charge in [0.05, 0.1) is 0 Å². The lowest BCUT2D eigenvalue weighted by Gasteiger charge is -2.37. The van der Waals surface area contributed by atoms with E-state index in [1.165, 1.54) is 6.07 Å². The molecule has 0 spiro atoms. The summed E-state index contributed by atoms with van der Waals surface area (Å²) in [5.41, 5.74) is -0.00761. The molecule has 2 unspecified atom stereocenters. The number of carboxylic acids is 1. The van der Waals surface area contributed by atoms with Crippen molar-refractivity contribution in [2.75, 3.05) is 11.4 Å². The van der Waals surface area contributed by atoms with Crippen LogP contribution >= 0.6 is 0 Å². The number of anilines is 1. The minimum absolute atomic E-state index is 0.00761.